The van der Waals surface area contributed by atoms with Crippen LogP contribution in [0.15, 0.2) is 24.3 Å². The van der Waals surface area contributed by atoms with Crippen molar-refractivity contribution < 1.29 is 14.6 Å². The van der Waals surface area contributed by atoms with Crippen molar-refractivity contribution in [1.29, 1.82) is 0 Å². The van der Waals surface area contributed by atoms with Crippen LogP contribution < -0.4 is 0 Å². The fraction of sp³-hybridized carbons (Fsp3) is 0.667. The van der Waals surface area contributed by atoms with E-state index in [2.05, 4.69) is 13.2 Å². The number of esters is 1. The second kappa shape index (κ2) is 3.70. The van der Waals surface area contributed by atoms with Crippen molar-refractivity contribution in [2.45, 2.75) is 44.3 Å². The molecule has 3 nitrogen and oxygen atoms in total. The molecule has 0 aromatic rings. The fourth-order valence-corrected chi connectivity index (χ4v) is 4.06. The highest BCUT2D eigenvalue weighted by Crippen LogP contribution is 2.53. The third-order valence-corrected chi connectivity index (χ3v) is 5.15. The highest BCUT2D eigenvalue weighted by atomic mass is 16.6. The predicted octanol–water partition coefficient (Wildman–Crippen LogP) is 2.21. The van der Waals surface area contributed by atoms with Gasteiger partial charge in [-0.1, -0.05) is 18.7 Å². The number of hydrogen-bond acceptors (Lipinski definition) is 3. The van der Waals surface area contributed by atoms with Crippen LogP contribution in [0.1, 0.15) is 32.6 Å². The first kappa shape index (κ1) is 12.0. The normalized spacial score (nSPS) is 47.6. The number of fused-ring (bicyclic) bond motifs is 3. The van der Waals surface area contributed by atoms with Crippen molar-refractivity contribution in [2.75, 3.05) is 0 Å². The summed E-state index contributed by atoms with van der Waals surface area (Å²) in [4.78, 5) is 11.7. The first-order valence-corrected chi connectivity index (χ1v) is 6.71. The Morgan fingerprint density at radius 1 is 1.39 bits per heavy atom. The molecular weight excluding hydrogens is 228 g/mol. The molecule has 5 atom stereocenters. The molecule has 0 spiro atoms. The summed E-state index contributed by atoms with van der Waals surface area (Å²) in [6.45, 7) is 9.90. The summed E-state index contributed by atoms with van der Waals surface area (Å²) in [5.74, 6) is 0.0771. The molecule has 2 saturated carbocycles. The summed E-state index contributed by atoms with van der Waals surface area (Å²) < 4.78 is 5.52. The lowest BCUT2D eigenvalue weighted by Gasteiger charge is -2.33. The standard InChI is InChI=1S/C15H20O3/c1-8-4-5-11-12(8)13-10(6-7-15(11,3)17)9(2)14(16)18-13/h10-13,17H,1-2,4-7H2,3H3. The van der Waals surface area contributed by atoms with Gasteiger partial charge in [0.25, 0.3) is 0 Å². The van der Waals surface area contributed by atoms with Gasteiger partial charge in [0.15, 0.2) is 0 Å². The first-order valence-electron chi connectivity index (χ1n) is 6.71. The van der Waals surface area contributed by atoms with E-state index in [0.717, 1.165) is 24.8 Å². The van der Waals surface area contributed by atoms with Gasteiger partial charge in [-0.25, -0.2) is 4.79 Å². The molecule has 0 radical (unpaired) electrons. The third kappa shape index (κ3) is 1.50. The van der Waals surface area contributed by atoms with Crippen LogP contribution in [0, 0.1) is 17.8 Å². The topological polar surface area (TPSA) is 46.5 Å². The minimum absolute atomic E-state index is 0.0637. The molecule has 0 amide bonds. The molecule has 3 aliphatic rings. The van der Waals surface area contributed by atoms with Crippen molar-refractivity contribution in [2.24, 2.45) is 17.8 Å². The van der Waals surface area contributed by atoms with E-state index in [0.29, 0.717) is 12.0 Å². The van der Waals surface area contributed by atoms with Crippen LogP contribution in [0.3, 0.4) is 0 Å². The molecule has 5 unspecified atom stereocenters. The molecule has 0 bridgehead atoms. The van der Waals surface area contributed by atoms with E-state index in [9.17, 15) is 9.90 Å². The van der Waals surface area contributed by atoms with Crippen LogP contribution in [-0.4, -0.2) is 22.8 Å². The largest absolute Gasteiger partial charge is 0.458 e. The van der Waals surface area contributed by atoms with Gasteiger partial charge < -0.3 is 9.84 Å². The van der Waals surface area contributed by atoms with E-state index in [1.54, 1.807) is 0 Å². The fourth-order valence-electron chi connectivity index (χ4n) is 4.06. The Balaban J connectivity index is 2.01. The summed E-state index contributed by atoms with van der Waals surface area (Å²) >= 11 is 0. The lowest BCUT2D eigenvalue weighted by Crippen LogP contribution is -2.39. The minimum Gasteiger partial charge on any atom is -0.458 e. The van der Waals surface area contributed by atoms with Gasteiger partial charge in [0.2, 0.25) is 0 Å². The highest BCUT2D eigenvalue weighted by Gasteiger charge is 2.55. The average molecular weight is 248 g/mol. The highest BCUT2D eigenvalue weighted by molar-refractivity contribution is 5.90. The van der Waals surface area contributed by atoms with Gasteiger partial charge in [-0.15, -0.1) is 0 Å². The van der Waals surface area contributed by atoms with Gasteiger partial charge in [-0.2, -0.15) is 0 Å². The number of ether oxygens (including phenoxy) is 1. The molecule has 1 saturated heterocycles. The lowest BCUT2D eigenvalue weighted by atomic mass is 9.78. The molecule has 98 valence electrons. The Labute approximate surface area is 108 Å². The van der Waals surface area contributed by atoms with Gasteiger partial charge in [0.05, 0.1) is 5.60 Å². The molecule has 3 heteroatoms. The van der Waals surface area contributed by atoms with E-state index >= 15 is 0 Å². The number of aliphatic hydroxyl groups is 1. The van der Waals surface area contributed by atoms with Crippen LogP contribution in [0.5, 0.6) is 0 Å². The average Bonchev–Trinajstić information content (AvgIpc) is 2.76. The van der Waals surface area contributed by atoms with E-state index < -0.39 is 5.60 Å². The first-order chi connectivity index (χ1) is 8.42. The van der Waals surface area contributed by atoms with E-state index in [1.165, 1.54) is 0 Å². The van der Waals surface area contributed by atoms with E-state index in [4.69, 9.17) is 4.74 Å². The van der Waals surface area contributed by atoms with Crippen LogP contribution in [0.4, 0.5) is 0 Å². The summed E-state index contributed by atoms with van der Waals surface area (Å²) in [7, 11) is 0. The Morgan fingerprint density at radius 3 is 2.83 bits per heavy atom. The molecule has 1 heterocycles. The zero-order valence-electron chi connectivity index (χ0n) is 10.8. The SMILES string of the molecule is C=C1C(=O)OC2C1CCC(C)(O)C1CCC(=C)C21. The van der Waals surface area contributed by atoms with Gasteiger partial charge in [-0.05, 0) is 38.5 Å². The lowest BCUT2D eigenvalue weighted by molar-refractivity contribution is -0.142. The maximum atomic E-state index is 11.7. The van der Waals surface area contributed by atoms with Crippen LogP contribution >= 0.6 is 0 Å². The maximum absolute atomic E-state index is 11.7. The van der Waals surface area contributed by atoms with Crippen LogP contribution in [-0.2, 0) is 9.53 Å². The molecule has 1 aliphatic heterocycles. The van der Waals surface area contributed by atoms with Crippen LogP contribution in [0.25, 0.3) is 0 Å². The second-order valence-corrected chi connectivity index (χ2v) is 6.23. The minimum atomic E-state index is -0.679. The Morgan fingerprint density at radius 2 is 2.11 bits per heavy atom. The molecule has 3 rings (SSSR count). The Bertz CT molecular complexity index is 435. The van der Waals surface area contributed by atoms with Gasteiger partial charge in [-0.3, -0.25) is 0 Å². The zero-order valence-corrected chi connectivity index (χ0v) is 10.8. The number of carbonyl (C=O) groups is 1. The number of rotatable bonds is 0. The quantitative estimate of drug-likeness (QED) is 0.406. The van der Waals surface area contributed by atoms with Crippen molar-refractivity contribution in [3.8, 4) is 0 Å². The zero-order chi connectivity index (χ0) is 13.1. The summed E-state index contributed by atoms with van der Waals surface area (Å²) in [5, 5.41) is 10.6. The molecule has 0 aromatic carbocycles. The Kier molecular flexibility index (Phi) is 2.46. The summed E-state index contributed by atoms with van der Waals surface area (Å²) in [6.07, 6.45) is 3.22. The van der Waals surface area contributed by atoms with Crippen molar-refractivity contribution in [1.82, 2.24) is 0 Å². The van der Waals surface area contributed by atoms with Crippen molar-refractivity contribution in [3.63, 3.8) is 0 Å². The maximum Gasteiger partial charge on any atom is 0.334 e. The van der Waals surface area contributed by atoms with Gasteiger partial charge in [0.1, 0.15) is 6.10 Å². The summed E-state index contributed by atoms with van der Waals surface area (Å²) in [6, 6.07) is 0. The molecular formula is C15H20O3. The van der Waals surface area contributed by atoms with E-state index in [1.807, 2.05) is 6.92 Å². The van der Waals surface area contributed by atoms with Crippen LogP contribution in [0.2, 0.25) is 0 Å². The number of hydrogen-bond donors (Lipinski definition) is 1. The monoisotopic (exact) mass is 248 g/mol. The van der Waals surface area contributed by atoms with Gasteiger partial charge in [0, 0.05) is 17.4 Å². The molecule has 0 aromatic heterocycles. The molecule has 3 fully saturated rings. The predicted molar refractivity (Wildman–Crippen MR) is 67.7 cm³/mol. The molecule has 1 N–H and O–H groups in total. The van der Waals surface area contributed by atoms with Gasteiger partial charge >= 0.3 is 5.97 Å². The summed E-state index contributed by atoms with van der Waals surface area (Å²) in [5.41, 5.74) is 1.03. The number of carbonyl (C=O) groups excluding carboxylic acids is 1. The van der Waals surface area contributed by atoms with E-state index in [-0.39, 0.29) is 29.8 Å². The Hall–Kier alpha value is -1.09. The molecule has 18 heavy (non-hydrogen) atoms. The smallest absolute Gasteiger partial charge is 0.334 e. The van der Waals surface area contributed by atoms with Crippen molar-refractivity contribution >= 4 is 5.97 Å². The van der Waals surface area contributed by atoms with Crippen molar-refractivity contribution in [3.05, 3.63) is 24.3 Å². The third-order valence-electron chi connectivity index (χ3n) is 5.15. The molecule has 2 aliphatic carbocycles. The second-order valence-electron chi connectivity index (χ2n) is 6.23.